The van der Waals surface area contributed by atoms with Crippen molar-refractivity contribution in [3.05, 3.63) is 210 Å². The molecule has 10 rings (SSSR count). The second kappa shape index (κ2) is 12.4. The Morgan fingerprint density at radius 3 is 1.71 bits per heavy atom. The van der Waals surface area contributed by atoms with Gasteiger partial charge in [-0.2, -0.15) is 0 Å². The van der Waals surface area contributed by atoms with E-state index in [0.29, 0.717) is 17.5 Å². The van der Waals surface area contributed by atoms with Crippen molar-refractivity contribution in [2.75, 3.05) is 0 Å². The van der Waals surface area contributed by atoms with Crippen LogP contribution < -0.4 is 0 Å². The topological polar surface area (TPSA) is 38.7 Å². The maximum atomic E-state index is 5.31. The van der Waals surface area contributed by atoms with E-state index in [1.165, 1.54) is 37.9 Å². The summed E-state index contributed by atoms with van der Waals surface area (Å²) in [6.07, 6.45) is 0. The SMILES string of the molecule is c1ccc(-c2cccc(-c3nc(-c4cc5ccccc5s4)nc(-c4cccc5c4-c4ccccc4C5(c4ccccc4)c4ccccc4)n3)c2)cc1. The maximum absolute atomic E-state index is 5.31. The first-order valence-corrected chi connectivity index (χ1v) is 18.3. The van der Waals surface area contributed by atoms with Crippen molar-refractivity contribution in [1.29, 1.82) is 0 Å². The summed E-state index contributed by atoms with van der Waals surface area (Å²) in [5, 5.41) is 1.18. The molecule has 0 bridgehead atoms. The lowest BCUT2D eigenvalue weighted by Gasteiger charge is -2.33. The molecule has 7 aromatic carbocycles. The zero-order valence-electron chi connectivity index (χ0n) is 28.1. The third-order valence-corrected chi connectivity index (χ3v) is 11.3. The van der Waals surface area contributed by atoms with E-state index in [4.69, 9.17) is 15.0 Å². The van der Waals surface area contributed by atoms with E-state index in [9.17, 15) is 0 Å². The second-order valence-electron chi connectivity index (χ2n) is 13.2. The highest BCUT2D eigenvalue weighted by molar-refractivity contribution is 7.22. The molecule has 0 saturated heterocycles. The number of thiophene rings is 1. The number of nitrogens with zero attached hydrogens (tertiary/aromatic N) is 3. The van der Waals surface area contributed by atoms with Crippen LogP contribution in [0.3, 0.4) is 0 Å². The Morgan fingerprint density at radius 1 is 0.385 bits per heavy atom. The predicted octanol–water partition coefficient (Wildman–Crippen LogP) is 12.1. The van der Waals surface area contributed by atoms with Crippen LogP contribution in [0.5, 0.6) is 0 Å². The van der Waals surface area contributed by atoms with E-state index in [1.54, 1.807) is 11.3 Å². The smallest absolute Gasteiger partial charge is 0.174 e. The first-order valence-electron chi connectivity index (χ1n) is 17.5. The monoisotopic (exact) mass is 681 g/mol. The minimum atomic E-state index is -0.515. The van der Waals surface area contributed by atoms with Gasteiger partial charge in [-0.3, -0.25) is 0 Å². The van der Waals surface area contributed by atoms with Crippen molar-refractivity contribution in [3.8, 4) is 55.7 Å². The van der Waals surface area contributed by atoms with Crippen LogP contribution in [0.25, 0.3) is 65.8 Å². The average Bonchev–Trinajstić information content (AvgIpc) is 3.80. The summed E-state index contributed by atoms with van der Waals surface area (Å²) >= 11 is 1.71. The first kappa shape index (κ1) is 30.3. The number of hydrogen-bond donors (Lipinski definition) is 0. The van der Waals surface area contributed by atoms with Gasteiger partial charge in [0.2, 0.25) is 0 Å². The number of hydrogen-bond acceptors (Lipinski definition) is 4. The van der Waals surface area contributed by atoms with Gasteiger partial charge < -0.3 is 0 Å². The van der Waals surface area contributed by atoms with Gasteiger partial charge in [0.15, 0.2) is 17.5 Å². The molecule has 0 radical (unpaired) electrons. The second-order valence-corrected chi connectivity index (χ2v) is 14.2. The third-order valence-electron chi connectivity index (χ3n) is 10.2. The fourth-order valence-electron chi connectivity index (χ4n) is 7.98. The van der Waals surface area contributed by atoms with Crippen molar-refractivity contribution in [3.63, 3.8) is 0 Å². The van der Waals surface area contributed by atoms with Gasteiger partial charge in [0.1, 0.15) is 0 Å². The molecular weight excluding hydrogens is 651 g/mol. The molecule has 0 amide bonds. The van der Waals surface area contributed by atoms with E-state index in [1.807, 2.05) is 6.07 Å². The molecule has 0 N–H and O–H groups in total. The summed E-state index contributed by atoms with van der Waals surface area (Å²) in [7, 11) is 0. The van der Waals surface area contributed by atoms with Crippen LogP contribution in [0.2, 0.25) is 0 Å². The van der Waals surface area contributed by atoms with Gasteiger partial charge in [-0.05, 0) is 68.1 Å². The normalized spacial score (nSPS) is 12.8. The van der Waals surface area contributed by atoms with Gasteiger partial charge in [0.05, 0.1) is 10.3 Å². The molecule has 0 spiro atoms. The van der Waals surface area contributed by atoms with E-state index in [2.05, 4.69) is 182 Å². The molecule has 52 heavy (non-hydrogen) atoms. The first-order chi connectivity index (χ1) is 25.8. The molecule has 1 aliphatic carbocycles. The summed E-state index contributed by atoms with van der Waals surface area (Å²) in [6, 6.07) is 66.9. The Kier molecular flexibility index (Phi) is 7.22. The Hall–Kier alpha value is -6.49. The van der Waals surface area contributed by atoms with Gasteiger partial charge in [0.25, 0.3) is 0 Å². The Balaban J connectivity index is 1.25. The standard InChI is InChI=1S/C48H31N3S/c1-4-16-32(17-5-1)33-19-14-20-35(30-33)45-49-46(51-47(50-45)43-31-34-18-10-13-29-42(34)52-43)39-26-15-28-41-44(39)38-25-11-12-27-40(38)48(41,36-21-6-2-7-22-36)37-23-8-3-9-24-37/h1-31H. The van der Waals surface area contributed by atoms with E-state index in [0.717, 1.165) is 32.7 Å². The lowest BCUT2D eigenvalue weighted by Crippen LogP contribution is -2.28. The fourth-order valence-corrected chi connectivity index (χ4v) is 8.97. The highest BCUT2D eigenvalue weighted by atomic mass is 32.1. The summed E-state index contributed by atoms with van der Waals surface area (Å²) in [5.74, 6) is 1.98. The van der Waals surface area contributed by atoms with Gasteiger partial charge in [-0.15, -0.1) is 11.3 Å². The van der Waals surface area contributed by atoms with Crippen LogP contribution in [-0.4, -0.2) is 15.0 Å². The fraction of sp³-hybridized carbons (Fsp3) is 0.0208. The van der Waals surface area contributed by atoms with E-state index >= 15 is 0 Å². The molecule has 0 saturated carbocycles. The number of rotatable bonds is 6. The summed E-state index contributed by atoms with van der Waals surface area (Å²) in [4.78, 5) is 16.8. The molecule has 0 aliphatic heterocycles. The van der Waals surface area contributed by atoms with Crippen LogP contribution in [0.15, 0.2) is 188 Å². The summed E-state index contributed by atoms with van der Waals surface area (Å²) in [6.45, 7) is 0. The third kappa shape index (κ3) is 4.84. The molecule has 2 aromatic heterocycles. The number of benzene rings is 7. The molecule has 9 aromatic rings. The van der Waals surface area contributed by atoms with Crippen LogP contribution in [0, 0.1) is 0 Å². The van der Waals surface area contributed by atoms with Crippen molar-refractivity contribution in [2.24, 2.45) is 0 Å². The molecule has 244 valence electrons. The molecule has 4 heteroatoms. The molecule has 1 aliphatic rings. The Bertz CT molecular complexity index is 2660. The van der Waals surface area contributed by atoms with Crippen LogP contribution in [-0.2, 0) is 5.41 Å². The van der Waals surface area contributed by atoms with Crippen molar-refractivity contribution < 1.29 is 0 Å². The minimum absolute atomic E-state index is 0.515. The van der Waals surface area contributed by atoms with Gasteiger partial charge in [-0.1, -0.05) is 170 Å². The highest BCUT2D eigenvalue weighted by Crippen LogP contribution is 2.58. The van der Waals surface area contributed by atoms with Gasteiger partial charge in [-0.25, -0.2) is 15.0 Å². The summed E-state index contributed by atoms with van der Waals surface area (Å²) in [5.41, 5.74) is 11.0. The molecule has 0 atom stereocenters. The highest BCUT2D eigenvalue weighted by Gasteiger charge is 2.47. The number of aromatic nitrogens is 3. The van der Waals surface area contributed by atoms with Gasteiger partial charge in [0, 0.05) is 15.8 Å². The average molecular weight is 682 g/mol. The number of fused-ring (bicyclic) bond motifs is 4. The zero-order chi connectivity index (χ0) is 34.5. The lowest BCUT2D eigenvalue weighted by molar-refractivity contribution is 0.768. The van der Waals surface area contributed by atoms with Crippen LogP contribution >= 0.6 is 11.3 Å². The lowest BCUT2D eigenvalue weighted by atomic mass is 9.67. The van der Waals surface area contributed by atoms with Crippen molar-refractivity contribution in [1.82, 2.24) is 15.0 Å². The Morgan fingerprint density at radius 2 is 0.942 bits per heavy atom. The van der Waals surface area contributed by atoms with Gasteiger partial charge >= 0.3 is 0 Å². The molecule has 3 nitrogen and oxygen atoms in total. The van der Waals surface area contributed by atoms with Crippen molar-refractivity contribution >= 4 is 21.4 Å². The van der Waals surface area contributed by atoms with Crippen LogP contribution in [0.1, 0.15) is 22.3 Å². The maximum Gasteiger partial charge on any atom is 0.174 e. The van der Waals surface area contributed by atoms with E-state index < -0.39 is 5.41 Å². The molecule has 0 fully saturated rings. The van der Waals surface area contributed by atoms with Crippen molar-refractivity contribution in [2.45, 2.75) is 5.41 Å². The molecular formula is C48H31N3S. The minimum Gasteiger partial charge on any atom is -0.208 e. The molecule has 0 unspecified atom stereocenters. The summed E-state index contributed by atoms with van der Waals surface area (Å²) < 4.78 is 1.21. The van der Waals surface area contributed by atoms with E-state index in [-0.39, 0.29) is 0 Å². The largest absolute Gasteiger partial charge is 0.208 e. The zero-order valence-corrected chi connectivity index (χ0v) is 29.0. The molecule has 2 heterocycles. The van der Waals surface area contributed by atoms with Crippen LogP contribution in [0.4, 0.5) is 0 Å². The quantitative estimate of drug-likeness (QED) is 0.175. The Labute approximate surface area is 306 Å². The predicted molar refractivity (Wildman–Crippen MR) is 214 cm³/mol.